The summed E-state index contributed by atoms with van der Waals surface area (Å²) in [4.78, 5) is 12.8. The Balaban J connectivity index is 1.94. The highest BCUT2D eigenvalue weighted by molar-refractivity contribution is 5.38. The Morgan fingerprint density at radius 2 is 2.00 bits per heavy atom. The molecule has 138 valence electrons. The summed E-state index contributed by atoms with van der Waals surface area (Å²) >= 11 is 0. The Morgan fingerprint density at radius 1 is 1.23 bits per heavy atom. The fourth-order valence-electron chi connectivity index (χ4n) is 3.78. The average Bonchev–Trinajstić information content (AvgIpc) is 3.09. The molecule has 0 spiro atoms. The summed E-state index contributed by atoms with van der Waals surface area (Å²) in [7, 11) is 0. The van der Waals surface area contributed by atoms with Crippen molar-refractivity contribution in [2.75, 3.05) is 0 Å². The monoisotopic (exact) mass is 354 g/mol. The van der Waals surface area contributed by atoms with E-state index in [1.54, 1.807) is 12.3 Å². The van der Waals surface area contributed by atoms with Crippen molar-refractivity contribution in [2.45, 2.75) is 57.5 Å². The molecule has 26 heavy (non-hydrogen) atoms. The second-order valence-electron chi connectivity index (χ2n) is 6.93. The van der Waals surface area contributed by atoms with Crippen molar-refractivity contribution in [3.63, 3.8) is 0 Å². The van der Waals surface area contributed by atoms with E-state index in [4.69, 9.17) is 9.15 Å². The number of aromatic hydroxyl groups is 1. The van der Waals surface area contributed by atoms with Crippen molar-refractivity contribution >= 4 is 0 Å². The maximum absolute atomic E-state index is 12.8. The van der Waals surface area contributed by atoms with Gasteiger partial charge in [0.1, 0.15) is 22.7 Å². The molecular formula is C22H26O4. The van der Waals surface area contributed by atoms with Crippen LogP contribution in [0.25, 0.3) is 0 Å². The highest BCUT2D eigenvalue weighted by atomic mass is 16.5. The van der Waals surface area contributed by atoms with Crippen molar-refractivity contribution in [2.24, 2.45) is 0 Å². The van der Waals surface area contributed by atoms with Crippen LogP contribution >= 0.6 is 0 Å². The Bertz CT molecular complexity index is 812. The lowest BCUT2D eigenvalue weighted by Gasteiger charge is -2.28. The van der Waals surface area contributed by atoms with Crippen molar-refractivity contribution in [3.05, 3.63) is 76.0 Å². The van der Waals surface area contributed by atoms with Crippen LogP contribution in [0.4, 0.5) is 0 Å². The maximum Gasteiger partial charge on any atom is 0.347 e. The van der Waals surface area contributed by atoms with Gasteiger partial charge >= 0.3 is 5.63 Å². The number of benzene rings is 1. The first-order valence-corrected chi connectivity index (χ1v) is 9.34. The minimum absolute atomic E-state index is 0.0279. The normalized spacial score (nSPS) is 20.1. The van der Waals surface area contributed by atoms with Crippen molar-refractivity contribution in [1.82, 2.24) is 0 Å². The molecule has 2 aromatic rings. The SMILES string of the molecule is CCCC1(c2c(O)cc(C(CC)Cc3ccccc3)oc2=O)CC=CO1. The second kappa shape index (κ2) is 7.81. The second-order valence-corrected chi connectivity index (χ2v) is 6.93. The van der Waals surface area contributed by atoms with Gasteiger partial charge < -0.3 is 14.3 Å². The van der Waals surface area contributed by atoms with E-state index in [2.05, 4.69) is 19.1 Å². The van der Waals surface area contributed by atoms with Gasteiger partial charge in [-0.25, -0.2) is 4.79 Å². The van der Waals surface area contributed by atoms with Crippen LogP contribution in [0.1, 0.15) is 62.3 Å². The van der Waals surface area contributed by atoms with Gasteiger partial charge in [-0.3, -0.25) is 0 Å². The van der Waals surface area contributed by atoms with Gasteiger partial charge in [0, 0.05) is 18.4 Å². The van der Waals surface area contributed by atoms with Gasteiger partial charge in [0.2, 0.25) is 0 Å². The van der Waals surface area contributed by atoms with E-state index in [-0.39, 0.29) is 17.2 Å². The van der Waals surface area contributed by atoms with Gasteiger partial charge in [-0.2, -0.15) is 0 Å². The number of ether oxygens (including phenoxy) is 1. The standard InChI is InChI=1S/C22H26O4/c1-3-11-22(12-8-13-25-22)20-18(23)15-19(26-21(20)24)17(4-2)14-16-9-6-5-7-10-16/h5-10,13,15,17,23H,3-4,11-12,14H2,1-2H3. The first-order chi connectivity index (χ1) is 12.6. The molecule has 1 aromatic heterocycles. The largest absolute Gasteiger partial charge is 0.507 e. The Kier molecular flexibility index (Phi) is 5.50. The molecule has 0 radical (unpaired) electrons. The van der Waals surface area contributed by atoms with Gasteiger partial charge in [-0.1, -0.05) is 50.6 Å². The summed E-state index contributed by atoms with van der Waals surface area (Å²) in [6.07, 6.45) is 7.12. The van der Waals surface area contributed by atoms with Crippen LogP contribution in [0.3, 0.4) is 0 Å². The molecule has 0 aliphatic carbocycles. The third kappa shape index (κ3) is 3.55. The van der Waals surface area contributed by atoms with E-state index in [0.717, 1.165) is 19.3 Å². The molecule has 4 heteroatoms. The first-order valence-electron chi connectivity index (χ1n) is 9.34. The molecular weight excluding hydrogens is 328 g/mol. The van der Waals surface area contributed by atoms with E-state index in [9.17, 15) is 9.90 Å². The van der Waals surface area contributed by atoms with Crippen molar-refractivity contribution in [3.8, 4) is 5.75 Å². The first kappa shape index (κ1) is 18.3. The van der Waals surface area contributed by atoms with Crippen LogP contribution in [0.2, 0.25) is 0 Å². The minimum Gasteiger partial charge on any atom is -0.507 e. The summed E-state index contributed by atoms with van der Waals surface area (Å²) in [5, 5.41) is 10.7. The van der Waals surface area contributed by atoms with E-state index < -0.39 is 11.2 Å². The molecule has 4 nitrogen and oxygen atoms in total. The lowest BCUT2D eigenvalue weighted by atomic mass is 9.86. The van der Waals surface area contributed by atoms with E-state index >= 15 is 0 Å². The highest BCUT2D eigenvalue weighted by Crippen LogP contribution is 2.42. The molecule has 0 bridgehead atoms. The summed E-state index contributed by atoms with van der Waals surface area (Å²) in [6, 6.07) is 11.7. The Morgan fingerprint density at radius 3 is 2.58 bits per heavy atom. The number of hydrogen-bond donors (Lipinski definition) is 1. The summed E-state index contributed by atoms with van der Waals surface area (Å²) in [6.45, 7) is 4.09. The van der Waals surface area contributed by atoms with Crippen LogP contribution in [0.5, 0.6) is 5.75 Å². The Labute approximate surface area is 154 Å². The smallest absolute Gasteiger partial charge is 0.347 e. The molecule has 2 heterocycles. The van der Waals surface area contributed by atoms with Gasteiger partial charge in [-0.05, 0) is 30.9 Å². The van der Waals surface area contributed by atoms with E-state index in [1.807, 2.05) is 31.2 Å². The summed E-state index contributed by atoms with van der Waals surface area (Å²) < 4.78 is 11.4. The van der Waals surface area contributed by atoms with Gasteiger partial charge in [-0.15, -0.1) is 0 Å². The quantitative estimate of drug-likeness (QED) is 0.759. The van der Waals surface area contributed by atoms with E-state index in [1.165, 1.54) is 5.56 Å². The zero-order valence-corrected chi connectivity index (χ0v) is 15.4. The molecule has 1 N–H and O–H groups in total. The predicted molar refractivity (Wildman–Crippen MR) is 101 cm³/mol. The third-order valence-corrected chi connectivity index (χ3v) is 5.12. The van der Waals surface area contributed by atoms with Gasteiger partial charge in [0.15, 0.2) is 0 Å². The maximum atomic E-state index is 12.8. The average molecular weight is 354 g/mol. The fraction of sp³-hybridized carbons (Fsp3) is 0.409. The Hall–Kier alpha value is -2.49. The fourth-order valence-corrected chi connectivity index (χ4v) is 3.78. The molecule has 1 aliphatic rings. The lowest BCUT2D eigenvalue weighted by Crippen LogP contribution is -2.31. The molecule has 0 fully saturated rings. The predicted octanol–water partition coefficient (Wildman–Crippen LogP) is 5.01. The van der Waals surface area contributed by atoms with Crippen LogP contribution in [0, 0.1) is 0 Å². The zero-order chi connectivity index (χ0) is 18.6. The topological polar surface area (TPSA) is 59.7 Å². The molecule has 3 rings (SSSR count). The molecule has 1 aliphatic heterocycles. The third-order valence-electron chi connectivity index (χ3n) is 5.12. The summed E-state index contributed by atoms with van der Waals surface area (Å²) in [5.74, 6) is 0.537. The molecule has 0 amide bonds. The zero-order valence-electron chi connectivity index (χ0n) is 15.4. The molecule has 1 aromatic carbocycles. The van der Waals surface area contributed by atoms with Crippen LogP contribution < -0.4 is 5.63 Å². The van der Waals surface area contributed by atoms with E-state index in [0.29, 0.717) is 18.6 Å². The van der Waals surface area contributed by atoms with Crippen molar-refractivity contribution < 1.29 is 14.3 Å². The number of rotatable bonds is 7. The highest BCUT2D eigenvalue weighted by Gasteiger charge is 2.40. The molecule has 2 unspecified atom stereocenters. The molecule has 2 atom stereocenters. The summed E-state index contributed by atoms with van der Waals surface area (Å²) in [5.41, 5.74) is 0.113. The van der Waals surface area contributed by atoms with Gasteiger partial charge in [0.05, 0.1) is 6.26 Å². The van der Waals surface area contributed by atoms with Crippen LogP contribution in [-0.2, 0) is 16.8 Å². The molecule has 0 saturated carbocycles. The lowest BCUT2D eigenvalue weighted by molar-refractivity contribution is 0.0256. The van der Waals surface area contributed by atoms with Crippen LogP contribution in [-0.4, -0.2) is 5.11 Å². The van der Waals surface area contributed by atoms with Crippen LogP contribution in [0.15, 0.2) is 57.9 Å². The minimum atomic E-state index is -0.806. The van der Waals surface area contributed by atoms with Gasteiger partial charge in [0.25, 0.3) is 0 Å². The molecule has 0 saturated heterocycles. The van der Waals surface area contributed by atoms with Crippen molar-refractivity contribution in [1.29, 1.82) is 0 Å². The number of hydrogen-bond acceptors (Lipinski definition) is 4.